The van der Waals surface area contributed by atoms with Crippen LogP contribution in [0.2, 0.25) is 0 Å². The Hall–Kier alpha value is -0.610. The summed E-state index contributed by atoms with van der Waals surface area (Å²) < 4.78 is 0. The second-order valence-electron chi connectivity index (χ2n) is 6.73. The molecule has 1 aliphatic heterocycles. The largest absolute Gasteiger partial charge is 0.341 e. The lowest BCUT2D eigenvalue weighted by atomic mass is 10.1. The van der Waals surface area contributed by atoms with Gasteiger partial charge in [-0.2, -0.15) is 0 Å². The molecule has 1 heterocycles. The fourth-order valence-corrected chi connectivity index (χ4v) is 2.53. The van der Waals surface area contributed by atoms with E-state index in [1.807, 2.05) is 4.90 Å². The lowest BCUT2D eigenvalue weighted by molar-refractivity contribution is -0.130. The number of carbonyl (C=O) groups is 1. The summed E-state index contributed by atoms with van der Waals surface area (Å²) in [5.74, 6) is 0.850. The topological polar surface area (TPSA) is 35.6 Å². The first-order chi connectivity index (χ1) is 8.20. The fraction of sp³-hybridized carbons (Fsp3) is 0.929. The first-order valence-electron chi connectivity index (χ1n) is 6.90. The predicted molar refractivity (Wildman–Crippen MR) is 75.6 cm³/mol. The molecule has 1 saturated heterocycles. The number of amides is 1. The molecule has 0 radical (unpaired) electrons. The number of rotatable bonds is 4. The van der Waals surface area contributed by atoms with Gasteiger partial charge in [-0.3, -0.25) is 4.79 Å². The molecule has 1 amide bonds. The highest BCUT2D eigenvalue weighted by Gasteiger charge is 2.33. The Morgan fingerprint density at radius 3 is 2.39 bits per heavy atom. The van der Waals surface area contributed by atoms with E-state index in [1.54, 1.807) is 0 Å². The van der Waals surface area contributed by atoms with Gasteiger partial charge in [0.25, 0.3) is 0 Å². The van der Waals surface area contributed by atoms with E-state index in [2.05, 4.69) is 52.0 Å². The molecule has 4 nitrogen and oxygen atoms in total. The Morgan fingerprint density at radius 1 is 1.33 bits per heavy atom. The van der Waals surface area contributed by atoms with Crippen molar-refractivity contribution >= 4 is 5.91 Å². The quantitative estimate of drug-likeness (QED) is 0.819. The molecule has 1 N–H and O–H groups in total. The maximum Gasteiger partial charge on any atom is 0.223 e. The summed E-state index contributed by atoms with van der Waals surface area (Å²) in [5, 5.41) is 3.36. The van der Waals surface area contributed by atoms with Crippen LogP contribution in [-0.4, -0.2) is 61.0 Å². The van der Waals surface area contributed by atoms with Gasteiger partial charge in [0.15, 0.2) is 0 Å². The summed E-state index contributed by atoms with van der Waals surface area (Å²) in [7, 11) is 4.19. The summed E-state index contributed by atoms with van der Waals surface area (Å²) >= 11 is 0. The third-order valence-corrected chi connectivity index (χ3v) is 3.58. The van der Waals surface area contributed by atoms with E-state index in [0.717, 1.165) is 19.6 Å². The normalized spacial score (nSPS) is 24.9. The standard InChI is InChI=1S/C14H29N3O/c1-11-9-17(10-12(11)16(5)6)13(18)7-8-15-14(2,3)4/h11-12,15H,7-10H2,1-6H3. The van der Waals surface area contributed by atoms with Crippen LogP contribution < -0.4 is 5.32 Å². The van der Waals surface area contributed by atoms with E-state index >= 15 is 0 Å². The Morgan fingerprint density at radius 2 is 1.94 bits per heavy atom. The fourth-order valence-electron chi connectivity index (χ4n) is 2.53. The number of nitrogens with one attached hydrogen (secondary N) is 1. The van der Waals surface area contributed by atoms with Gasteiger partial charge in [0, 0.05) is 37.6 Å². The maximum absolute atomic E-state index is 12.1. The molecule has 0 aromatic heterocycles. The molecular weight excluding hydrogens is 226 g/mol. The van der Waals surface area contributed by atoms with Gasteiger partial charge in [0.05, 0.1) is 0 Å². The summed E-state index contributed by atoms with van der Waals surface area (Å²) in [5.41, 5.74) is 0.0880. The summed E-state index contributed by atoms with van der Waals surface area (Å²) in [6.45, 7) is 11.1. The van der Waals surface area contributed by atoms with Crippen molar-refractivity contribution in [3.05, 3.63) is 0 Å². The smallest absolute Gasteiger partial charge is 0.223 e. The third-order valence-electron chi connectivity index (χ3n) is 3.58. The zero-order chi connectivity index (χ0) is 13.9. The van der Waals surface area contributed by atoms with Crippen molar-refractivity contribution in [2.45, 2.75) is 45.7 Å². The summed E-state index contributed by atoms with van der Waals surface area (Å²) in [4.78, 5) is 16.4. The number of carbonyl (C=O) groups excluding carboxylic acids is 1. The van der Waals surface area contributed by atoms with Gasteiger partial charge in [-0.1, -0.05) is 6.92 Å². The van der Waals surface area contributed by atoms with Crippen molar-refractivity contribution in [2.75, 3.05) is 33.7 Å². The lowest BCUT2D eigenvalue weighted by Crippen LogP contribution is -2.40. The molecule has 2 atom stereocenters. The van der Waals surface area contributed by atoms with Gasteiger partial charge >= 0.3 is 0 Å². The number of hydrogen-bond acceptors (Lipinski definition) is 3. The second kappa shape index (κ2) is 6.02. The van der Waals surface area contributed by atoms with Gasteiger partial charge in [0.1, 0.15) is 0 Å². The number of nitrogens with zero attached hydrogens (tertiary/aromatic N) is 2. The Labute approximate surface area is 112 Å². The van der Waals surface area contributed by atoms with E-state index in [-0.39, 0.29) is 11.4 Å². The van der Waals surface area contributed by atoms with Gasteiger partial charge < -0.3 is 15.1 Å². The van der Waals surface area contributed by atoms with E-state index in [4.69, 9.17) is 0 Å². The monoisotopic (exact) mass is 255 g/mol. The lowest BCUT2D eigenvalue weighted by Gasteiger charge is -2.23. The average molecular weight is 255 g/mol. The van der Waals surface area contributed by atoms with Gasteiger partial charge in [-0.05, 0) is 40.8 Å². The molecule has 1 aliphatic rings. The third kappa shape index (κ3) is 4.58. The van der Waals surface area contributed by atoms with Crippen molar-refractivity contribution in [1.29, 1.82) is 0 Å². The highest BCUT2D eigenvalue weighted by molar-refractivity contribution is 5.76. The zero-order valence-corrected chi connectivity index (χ0v) is 12.8. The highest BCUT2D eigenvalue weighted by Crippen LogP contribution is 2.20. The van der Waals surface area contributed by atoms with Crippen LogP contribution in [0.15, 0.2) is 0 Å². The zero-order valence-electron chi connectivity index (χ0n) is 12.8. The van der Waals surface area contributed by atoms with Crippen LogP contribution >= 0.6 is 0 Å². The van der Waals surface area contributed by atoms with E-state index in [1.165, 1.54) is 0 Å². The minimum atomic E-state index is 0.0880. The molecule has 0 saturated carbocycles. The van der Waals surface area contributed by atoms with Crippen molar-refractivity contribution in [3.8, 4) is 0 Å². The molecule has 0 aliphatic carbocycles. The van der Waals surface area contributed by atoms with Crippen LogP contribution in [0.3, 0.4) is 0 Å². The highest BCUT2D eigenvalue weighted by atomic mass is 16.2. The second-order valence-corrected chi connectivity index (χ2v) is 6.73. The minimum absolute atomic E-state index is 0.0880. The van der Waals surface area contributed by atoms with Crippen LogP contribution in [0, 0.1) is 5.92 Å². The number of likely N-dealkylation sites (tertiary alicyclic amines) is 1. The average Bonchev–Trinajstić information content (AvgIpc) is 2.58. The van der Waals surface area contributed by atoms with E-state index in [9.17, 15) is 4.79 Å². The van der Waals surface area contributed by atoms with Gasteiger partial charge in [-0.15, -0.1) is 0 Å². The molecule has 4 heteroatoms. The van der Waals surface area contributed by atoms with Crippen molar-refractivity contribution in [2.24, 2.45) is 5.92 Å². The van der Waals surface area contributed by atoms with Crippen LogP contribution in [0.5, 0.6) is 0 Å². The molecule has 0 aromatic carbocycles. The molecule has 2 unspecified atom stereocenters. The Balaban J connectivity index is 2.36. The van der Waals surface area contributed by atoms with Crippen LogP contribution in [0.4, 0.5) is 0 Å². The predicted octanol–water partition coefficient (Wildman–Crippen LogP) is 1.17. The SMILES string of the molecule is CC1CN(C(=O)CCNC(C)(C)C)CC1N(C)C. The first-order valence-corrected chi connectivity index (χ1v) is 6.90. The molecule has 18 heavy (non-hydrogen) atoms. The molecular formula is C14H29N3O. The van der Waals surface area contributed by atoms with E-state index < -0.39 is 0 Å². The first kappa shape index (κ1) is 15.4. The van der Waals surface area contributed by atoms with Gasteiger partial charge in [0.2, 0.25) is 5.91 Å². The Bertz CT molecular complexity index is 283. The molecule has 0 aromatic rings. The number of hydrogen-bond donors (Lipinski definition) is 1. The minimum Gasteiger partial charge on any atom is -0.341 e. The molecule has 0 spiro atoms. The number of likely N-dealkylation sites (N-methyl/N-ethyl adjacent to an activating group) is 1. The Kier molecular flexibility index (Phi) is 5.17. The molecule has 1 rings (SSSR count). The summed E-state index contributed by atoms with van der Waals surface area (Å²) in [6.07, 6.45) is 0.601. The molecule has 0 bridgehead atoms. The van der Waals surface area contributed by atoms with E-state index in [0.29, 0.717) is 18.4 Å². The van der Waals surface area contributed by atoms with Crippen molar-refractivity contribution in [3.63, 3.8) is 0 Å². The van der Waals surface area contributed by atoms with Crippen LogP contribution in [-0.2, 0) is 4.79 Å². The maximum atomic E-state index is 12.1. The van der Waals surface area contributed by atoms with Crippen molar-refractivity contribution < 1.29 is 4.79 Å². The van der Waals surface area contributed by atoms with Gasteiger partial charge in [-0.25, -0.2) is 0 Å². The molecule has 1 fully saturated rings. The summed E-state index contributed by atoms with van der Waals surface area (Å²) in [6, 6.07) is 0.504. The molecule has 106 valence electrons. The van der Waals surface area contributed by atoms with Crippen LogP contribution in [0.1, 0.15) is 34.1 Å². The van der Waals surface area contributed by atoms with Crippen molar-refractivity contribution in [1.82, 2.24) is 15.1 Å². The van der Waals surface area contributed by atoms with Crippen LogP contribution in [0.25, 0.3) is 0 Å².